The number of anilines is 1. The first-order valence-electron chi connectivity index (χ1n) is 5.17. The van der Waals surface area contributed by atoms with Crippen LogP contribution in [-0.4, -0.2) is 23.8 Å². The van der Waals surface area contributed by atoms with Crippen molar-refractivity contribution < 1.29 is 23.8 Å². The van der Waals surface area contributed by atoms with Crippen LogP contribution in [0.25, 0.3) is 6.08 Å². The number of ether oxygens (including phenoxy) is 1. The first-order valence-corrected chi connectivity index (χ1v) is 5.17. The van der Waals surface area contributed by atoms with Crippen LogP contribution in [0, 0.1) is 5.82 Å². The Kier molecular flexibility index (Phi) is 4.86. The average Bonchev–Trinajstić information content (AvgIpc) is 2.30. The summed E-state index contributed by atoms with van der Waals surface area (Å²) in [4.78, 5) is 21.4. The van der Waals surface area contributed by atoms with Crippen LogP contribution in [0.4, 0.5) is 14.9 Å². The van der Waals surface area contributed by atoms with E-state index in [4.69, 9.17) is 5.11 Å². The first kappa shape index (κ1) is 13.7. The largest absolute Gasteiger partial charge is 0.478 e. The molecule has 1 amide bonds. The van der Waals surface area contributed by atoms with Crippen LogP contribution < -0.4 is 5.32 Å². The molecular formula is C12H12FNO4. The molecule has 0 heterocycles. The number of aliphatic carboxylic acids is 1. The summed E-state index contributed by atoms with van der Waals surface area (Å²) in [5.41, 5.74) is 0.352. The van der Waals surface area contributed by atoms with Gasteiger partial charge in [-0.2, -0.15) is 0 Å². The van der Waals surface area contributed by atoms with Crippen LogP contribution in [0.1, 0.15) is 12.5 Å². The lowest BCUT2D eigenvalue weighted by Crippen LogP contribution is -2.14. The van der Waals surface area contributed by atoms with E-state index in [0.717, 1.165) is 12.1 Å². The van der Waals surface area contributed by atoms with Gasteiger partial charge in [-0.1, -0.05) is 6.07 Å². The van der Waals surface area contributed by atoms with E-state index >= 15 is 0 Å². The summed E-state index contributed by atoms with van der Waals surface area (Å²) in [5.74, 6) is -1.79. The molecule has 1 rings (SSSR count). The average molecular weight is 253 g/mol. The highest BCUT2D eigenvalue weighted by atomic mass is 19.1. The molecule has 0 unspecified atom stereocenters. The minimum Gasteiger partial charge on any atom is -0.478 e. The third kappa shape index (κ3) is 4.25. The second-order valence-electron chi connectivity index (χ2n) is 3.26. The van der Waals surface area contributed by atoms with E-state index < -0.39 is 17.9 Å². The molecule has 0 saturated heterocycles. The lowest BCUT2D eigenvalue weighted by atomic mass is 10.2. The van der Waals surface area contributed by atoms with E-state index in [-0.39, 0.29) is 12.3 Å². The third-order valence-corrected chi connectivity index (χ3v) is 1.92. The second kappa shape index (κ2) is 6.39. The standard InChI is InChI=1S/C12H12FNO4/c1-2-18-12(17)14-10-5-3-8(7-9(10)13)4-6-11(15)16/h3-7H,2H2,1H3,(H,14,17)(H,15,16)/b6-4+. The number of hydrogen-bond donors (Lipinski definition) is 2. The molecule has 0 radical (unpaired) electrons. The van der Waals surface area contributed by atoms with Gasteiger partial charge >= 0.3 is 12.1 Å². The maximum Gasteiger partial charge on any atom is 0.411 e. The van der Waals surface area contributed by atoms with Gasteiger partial charge in [-0.15, -0.1) is 0 Å². The molecule has 0 aliphatic rings. The topological polar surface area (TPSA) is 75.6 Å². The van der Waals surface area contributed by atoms with Crippen molar-refractivity contribution >= 4 is 23.8 Å². The minimum atomic E-state index is -1.12. The zero-order chi connectivity index (χ0) is 13.5. The highest BCUT2D eigenvalue weighted by molar-refractivity contribution is 5.86. The Morgan fingerprint density at radius 2 is 2.22 bits per heavy atom. The SMILES string of the molecule is CCOC(=O)Nc1ccc(/C=C/C(=O)O)cc1F. The maximum atomic E-state index is 13.5. The van der Waals surface area contributed by atoms with Crippen molar-refractivity contribution in [3.63, 3.8) is 0 Å². The van der Waals surface area contributed by atoms with Crippen LogP contribution >= 0.6 is 0 Å². The summed E-state index contributed by atoms with van der Waals surface area (Å²) in [6, 6.07) is 3.92. The molecule has 6 heteroatoms. The Balaban J connectivity index is 2.79. The molecule has 1 aromatic rings. The number of benzene rings is 1. The van der Waals surface area contributed by atoms with Crippen molar-refractivity contribution in [3.8, 4) is 0 Å². The molecule has 0 spiro atoms. The predicted molar refractivity (Wildman–Crippen MR) is 63.7 cm³/mol. The number of nitrogens with one attached hydrogen (secondary N) is 1. The molecule has 18 heavy (non-hydrogen) atoms. The van der Waals surface area contributed by atoms with Crippen LogP contribution in [0.15, 0.2) is 24.3 Å². The molecule has 96 valence electrons. The second-order valence-corrected chi connectivity index (χ2v) is 3.26. The van der Waals surface area contributed by atoms with Crippen LogP contribution in [0.2, 0.25) is 0 Å². The number of carboxylic acids is 1. The highest BCUT2D eigenvalue weighted by Crippen LogP contribution is 2.16. The van der Waals surface area contributed by atoms with Crippen molar-refractivity contribution in [1.29, 1.82) is 0 Å². The van der Waals surface area contributed by atoms with Crippen LogP contribution in [-0.2, 0) is 9.53 Å². The molecule has 0 aliphatic heterocycles. The molecule has 0 aromatic heterocycles. The van der Waals surface area contributed by atoms with Gasteiger partial charge in [0.15, 0.2) is 0 Å². The zero-order valence-corrected chi connectivity index (χ0v) is 9.64. The van der Waals surface area contributed by atoms with Gasteiger partial charge in [-0.05, 0) is 30.7 Å². The van der Waals surface area contributed by atoms with Crippen molar-refractivity contribution in [2.24, 2.45) is 0 Å². The number of amides is 1. The summed E-state index contributed by atoms with van der Waals surface area (Å²) in [5, 5.41) is 10.6. The number of carbonyl (C=O) groups excluding carboxylic acids is 1. The monoisotopic (exact) mass is 253 g/mol. The maximum absolute atomic E-state index is 13.5. The van der Waals surface area contributed by atoms with Gasteiger partial charge in [0.1, 0.15) is 5.82 Å². The number of hydrogen-bond acceptors (Lipinski definition) is 3. The third-order valence-electron chi connectivity index (χ3n) is 1.92. The van der Waals surface area contributed by atoms with Crippen molar-refractivity contribution in [2.75, 3.05) is 11.9 Å². The van der Waals surface area contributed by atoms with Crippen LogP contribution in [0.5, 0.6) is 0 Å². The van der Waals surface area contributed by atoms with E-state index in [9.17, 15) is 14.0 Å². The Labute approximate surface area is 103 Å². The lowest BCUT2D eigenvalue weighted by Gasteiger charge is -2.06. The number of carboxylic acid groups (broad SMARTS) is 1. The Hall–Kier alpha value is -2.37. The van der Waals surface area contributed by atoms with Crippen molar-refractivity contribution in [1.82, 2.24) is 0 Å². The Morgan fingerprint density at radius 3 is 2.78 bits per heavy atom. The van der Waals surface area contributed by atoms with Gasteiger partial charge in [0.05, 0.1) is 12.3 Å². The van der Waals surface area contributed by atoms with E-state index in [0.29, 0.717) is 5.56 Å². The summed E-state index contributed by atoms with van der Waals surface area (Å²) in [6.45, 7) is 1.82. The fourth-order valence-electron chi connectivity index (χ4n) is 1.18. The molecular weight excluding hydrogens is 241 g/mol. The minimum absolute atomic E-state index is 0.0269. The van der Waals surface area contributed by atoms with E-state index in [1.807, 2.05) is 0 Å². The zero-order valence-electron chi connectivity index (χ0n) is 9.64. The molecule has 1 aromatic carbocycles. The smallest absolute Gasteiger partial charge is 0.411 e. The van der Waals surface area contributed by atoms with Gasteiger partial charge in [0, 0.05) is 6.08 Å². The van der Waals surface area contributed by atoms with E-state index in [1.54, 1.807) is 6.92 Å². The molecule has 0 saturated carbocycles. The molecule has 2 N–H and O–H groups in total. The van der Waals surface area contributed by atoms with Gasteiger partial charge in [-0.3, -0.25) is 5.32 Å². The van der Waals surface area contributed by atoms with Crippen molar-refractivity contribution in [3.05, 3.63) is 35.7 Å². The Bertz CT molecular complexity index is 485. The normalized spacial score (nSPS) is 10.3. The van der Waals surface area contributed by atoms with E-state index in [2.05, 4.69) is 10.1 Å². The quantitative estimate of drug-likeness (QED) is 0.808. The summed E-state index contributed by atoms with van der Waals surface area (Å²) < 4.78 is 18.1. The first-order chi connectivity index (χ1) is 8.52. The predicted octanol–water partition coefficient (Wildman–Crippen LogP) is 2.49. The molecule has 5 nitrogen and oxygen atoms in total. The molecule has 0 bridgehead atoms. The summed E-state index contributed by atoms with van der Waals surface area (Å²) >= 11 is 0. The molecule has 0 atom stereocenters. The fraction of sp³-hybridized carbons (Fsp3) is 0.167. The number of carbonyl (C=O) groups is 2. The van der Waals surface area contributed by atoms with E-state index in [1.165, 1.54) is 18.2 Å². The van der Waals surface area contributed by atoms with Crippen LogP contribution in [0.3, 0.4) is 0 Å². The van der Waals surface area contributed by atoms with Crippen molar-refractivity contribution in [2.45, 2.75) is 6.92 Å². The van der Waals surface area contributed by atoms with Gasteiger partial charge in [-0.25, -0.2) is 14.0 Å². The molecule has 0 fully saturated rings. The van der Waals surface area contributed by atoms with Gasteiger partial charge in [0.2, 0.25) is 0 Å². The lowest BCUT2D eigenvalue weighted by molar-refractivity contribution is -0.131. The summed E-state index contributed by atoms with van der Waals surface area (Å²) in [6.07, 6.45) is 1.40. The Morgan fingerprint density at radius 1 is 1.50 bits per heavy atom. The number of rotatable bonds is 4. The number of halogens is 1. The summed E-state index contributed by atoms with van der Waals surface area (Å²) in [7, 11) is 0. The van der Waals surface area contributed by atoms with Gasteiger partial charge in [0.25, 0.3) is 0 Å². The van der Waals surface area contributed by atoms with Gasteiger partial charge < -0.3 is 9.84 Å². The highest BCUT2D eigenvalue weighted by Gasteiger charge is 2.07. The fourth-order valence-corrected chi connectivity index (χ4v) is 1.18. The molecule has 0 aliphatic carbocycles.